The molecule has 0 aliphatic rings. The number of aryl methyl sites for hydroxylation is 1. The molecule has 0 aromatic heterocycles. The van der Waals surface area contributed by atoms with Crippen molar-refractivity contribution < 1.29 is 20.1 Å². The Kier molecular flexibility index (Phi) is 49.9. The molecule has 3 N–H and O–H groups in total. The zero-order chi connectivity index (χ0) is 37.6. The smallest absolute Gasteiger partial charge is 0.118 e. The number of benzene rings is 1. The summed E-state index contributed by atoms with van der Waals surface area (Å²) in [5, 5.41) is 24.8. The zero-order valence-corrected chi connectivity index (χ0v) is 34.9. The molecule has 1 rings (SSSR count). The van der Waals surface area contributed by atoms with Crippen molar-refractivity contribution in [1.82, 2.24) is 0 Å². The second-order valence-corrected chi connectivity index (χ2v) is 15.0. The Balaban J connectivity index is 0. The number of phenols is 1. The molecule has 0 bridgehead atoms. The predicted molar refractivity (Wildman–Crippen MR) is 226 cm³/mol. The first-order chi connectivity index (χ1) is 25.2. The summed E-state index contributed by atoms with van der Waals surface area (Å²) < 4.78 is 5.83. The van der Waals surface area contributed by atoms with Gasteiger partial charge in [-0.1, -0.05) is 232 Å². The standard InChI is InChI=1S/C30H62O.C15H24O.C2H6O2/c1-3-5-7-9-11-13-15-17-19-21-23-25-27-29-31-30-28-26-24-22-20-18-16-14-12-10-8-6-4-2;1-2-3-4-5-6-7-8-11-14-12-9-10-13-15(14)16;3-1-2-4/h3-30H2,1-2H3;9-10,12-13,16H,2-8,11H2,1H3;3-4H,1-2H2. The normalized spacial score (nSPS) is 10.8. The lowest BCUT2D eigenvalue weighted by molar-refractivity contribution is 0.125. The lowest BCUT2D eigenvalue weighted by atomic mass is 10.0. The number of hydrogen-bond acceptors (Lipinski definition) is 4. The Morgan fingerprint density at radius 2 is 0.647 bits per heavy atom. The zero-order valence-electron chi connectivity index (χ0n) is 34.9. The van der Waals surface area contributed by atoms with Gasteiger partial charge in [-0.15, -0.1) is 0 Å². The highest BCUT2D eigenvalue weighted by Crippen LogP contribution is 2.19. The molecule has 0 aliphatic carbocycles. The molecule has 0 fully saturated rings. The quantitative estimate of drug-likeness (QED) is 0.0599. The van der Waals surface area contributed by atoms with Gasteiger partial charge in [0.25, 0.3) is 0 Å². The molecule has 0 saturated carbocycles. The first-order valence-electron chi connectivity index (χ1n) is 22.7. The monoisotopic (exact) mass is 721 g/mol. The van der Waals surface area contributed by atoms with Gasteiger partial charge in [-0.05, 0) is 37.3 Å². The molecule has 1 aromatic carbocycles. The van der Waals surface area contributed by atoms with Gasteiger partial charge in [0, 0.05) is 13.2 Å². The number of aliphatic hydroxyl groups excluding tert-OH is 2. The predicted octanol–water partition coefficient (Wildman–Crippen LogP) is 14.8. The van der Waals surface area contributed by atoms with E-state index in [0.717, 1.165) is 25.2 Å². The summed E-state index contributed by atoms with van der Waals surface area (Å²) >= 11 is 0. The van der Waals surface area contributed by atoms with E-state index in [1.54, 1.807) is 6.07 Å². The SMILES string of the molecule is CCCCCCCCCCCCCCCOCCCCCCCCCCCCCCC.CCCCCCCCCc1ccccc1O.OCCO. The van der Waals surface area contributed by atoms with Crippen molar-refractivity contribution in [1.29, 1.82) is 0 Å². The number of rotatable bonds is 37. The van der Waals surface area contributed by atoms with E-state index in [4.69, 9.17) is 14.9 Å². The Labute approximate surface area is 320 Å². The maximum absolute atomic E-state index is 9.58. The van der Waals surface area contributed by atoms with Crippen molar-refractivity contribution in [2.45, 2.75) is 239 Å². The number of unbranched alkanes of at least 4 members (excludes halogenated alkanes) is 30. The third-order valence-corrected chi connectivity index (χ3v) is 9.93. The van der Waals surface area contributed by atoms with Gasteiger partial charge in [-0.25, -0.2) is 0 Å². The van der Waals surface area contributed by atoms with E-state index >= 15 is 0 Å². The van der Waals surface area contributed by atoms with Crippen LogP contribution in [0.2, 0.25) is 0 Å². The highest BCUT2D eigenvalue weighted by Gasteiger charge is 1.99. The minimum Gasteiger partial charge on any atom is -0.508 e. The summed E-state index contributed by atoms with van der Waals surface area (Å²) in [5.74, 6) is 0.452. The minimum absolute atomic E-state index is 0.125. The van der Waals surface area contributed by atoms with Crippen molar-refractivity contribution >= 4 is 0 Å². The van der Waals surface area contributed by atoms with E-state index in [9.17, 15) is 5.11 Å². The number of phenolic OH excluding ortho intramolecular Hbond substituents is 1. The van der Waals surface area contributed by atoms with Crippen LogP contribution in [0.4, 0.5) is 0 Å². The van der Waals surface area contributed by atoms with E-state index in [2.05, 4.69) is 20.8 Å². The molecule has 1 aromatic rings. The minimum atomic E-state index is -0.125. The maximum Gasteiger partial charge on any atom is 0.118 e. The van der Waals surface area contributed by atoms with Gasteiger partial charge in [0.2, 0.25) is 0 Å². The number of para-hydroxylation sites is 1. The summed E-state index contributed by atoms with van der Waals surface area (Å²) in [7, 11) is 0. The fourth-order valence-corrected chi connectivity index (χ4v) is 6.54. The molecule has 0 saturated heterocycles. The molecule has 0 heterocycles. The van der Waals surface area contributed by atoms with Gasteiger partial charge in [0.1, 0.15) is 5.75 Å². The molecule has 0 amide bonds. The second kappa shape index (κ2) is 48.9. The van der Waals surface area contributed by atoms with Crippen molar-refractivity contribution in [2.75, 3.05) is 26.4 Å². The molecule has 4 heteroatoms. The molecule has 0 spiro atoms. The molecule has 51 heavy (non-hydrogen) atoms. The van der Waals surface area contributed by atoms with Crippen LogP contribution in [0, 0.1) is 0 Å². The number of aliphatic hydroxyl groups is 2. The topological polar surface area (TPSA) is 69.9 Å². The van der Waals surface area contributed by atoms with E-state index in [1.165, 1.54) is 212 Å². The van der Waals surface area contributed by atoms with Gasteiger partial charge in [0.15, 0.2) is 0 Å². The third-order valence-electron chi connectivity index (χ3n) is 9.93. The molecular formula is C47H92O4. The van der Waals surface area contributed by atoms with Gasteiger partial charge in [-0.3, -0.25) is 0 Å². The van der Waals surface area contributed by atoms with Crippen LogP contribution in [0.5, 0.6) is 5.75 Å². The van der Waals surface area contributed by atoms with Crippen LogP contribution >= 0.6 is 0 Å². The molecular weight excluding hydrogens is 629 g/mol. The second-order valence-electron chi connectivity index (χ2n) is 15.0. The Hall–Kier alpha value is -1.10. The average Bonchev–Trinajstić information content (AvgIpc) is 3.15. The van der Waals surface area contributed by atoms with Gasteiger partial charge >= 0.3 is 0 Å². The molecule has 0 atom stereocenters. The maximum atomic E-state index is 9.58. The highest BCUT2D eigenvalue weighted by molar-refractivity contribution is 5.31. The lowest BCUT2D eigenvalue weighted by Gasteiger charge is -2.05. The summed E-state index contributed by atoms with van der Waals surface area (Å²) in [5.41, 5.74) is 1.09. The number of aromatic hydroxyl groups is 1. The van der Waals surface area contributed by atoms with Crippen LogP contribution in [-0.2, 0) is 11.2 Å². The lowest BCUT2D eigenvalue weighted by Crippen LogP contribution is -1.97. The van der Waals surface area contributed by atoms with E-state index in [1.807, 2.05) is 18.2 Å². The summed E-state index contributed by atoms with van der Waals surface area (Å²) in [6.07, 6.45) is 47.4. The first kappa shape index (κ1) is 52.0. The van der Waals surface area contributed by atoms with E-state index in [-0.39, 0.29) is 13.2 Å². The van der Waals surface area contributed by atoms with Crippen LogP contribution in [0.25, 0.3) is 0 Å². The Bertz CT molecular complexity index is 694. The van der Waals surface area contributed by atoms with Crippen molar-refractivity contribution in [3.05, 3.63) is 29.8 Å². The Morgan fingerprint density at radius 3 is 0.941 bits per heavy atom. The highest BCUT2D eigenvalue weighted by atomic mass is 16.5. The van der Waals surface area contributed by atoms with Crippen LogP contribution in [0.1, 0.15) is 238 Å². The van der Waals surface area contributed by atoms with Crippen LogP contribution < -0.4 is 0 Å². The van der Waals surface area contributed by atoms with E-state index < -0.39 is 0 Å². The fraction of sp³-hybridized carbons (Fsp3) is 0.872. The molecule has 0 unspecified atom stereocenters. The summed E-state index contributed by atoms with van der Waals surface area (Å²) in [6.45, 7) is 8.59. The third kappa shape index (κ3) is 46.9. The molecule has 0 aliphatic heterocycles. The van der Waals surface area contributed by atoms with Crippen molar-refractivity contribution in [2.24, 2.45) is 0 Å². The number of ether oxygens (including phenoxy) is 1. The number of hydrogen-bond donors (Lipinski definition) is 3. The van der Waals surface area contributed by atoms with Crippen molar-refractivity contribution in [3.63, 3.8) is 0 Å². The molecule has 4 nitrogen and oxygen atoms in total. The molecule has 304 valence electrons. The fourth-order valence-electron chi connectivity index (χ4n) is 6.54. The summed E-state index contributed by atoms with van der Waals surface area (Å²) in [6, 6.07) is 7.67. The van der Waals surface area contributed by atoms with E-state index in [0.29, 0.717) is 5.75 Å². The average molecular weight is 721 g/mol. The first-order valence-corrected chi connectivity index (χ1v) is 22.7. The van der Waals surface area contributed by atoms with Crippen molar-refractivity contribution in [3.8, 4) is 5.75 Å². The van der Waals surface area contributed by atoms with Gasteiger partial charge < -0.3 is 20.1 Å². The van der Waals surface area contributed by atoms with Crippen LogP contribution in [0.3, 0.4) is 0 Å². The largest absolute Gasteiger partial charge is 0.508 e. The summed E-state index contributed by atoms with van der Waals surface area (Å²) in [4.78, 5) is 0. The Morgan fingerprint density at radius 1 is 0.373 bits per heavy atom. The van der Waals surface area contributed by atoms with Crippen LogP contribution in [0.15, 0.2) is 24.3 Å². The molecule has 0 radical (unpaired) electrons. The van der Waals surface area contributed by atoms with Gasteiger partial charge in [0.05, 0.1) is 13.2 Å². The van der Waals surface area contributed by atoms with Gasteiger partial charge in [-0.2, -0.15) is 0 Å². The van der Waals surface area contributed by atoms with Crippen LogP contribution in [-0.4, -0.2) is 41.7 Å².